The van der Waals surface area contributed by atoms with Crippen molar-refractivity contribution in [2.75, 3.05) is 35.6 Å². The fourth-order valence-electron chi connectivity index (χ4n) is 2.70. The van der Waals surface area contributed by atoms with Crippen molar-refractivity contribution in [1.29, 1.82) is 0 Å². The molecule has 164 valence electrons. The number of anilines is 4. The van der Waals surface area contributed by atoms with Crippen molar-refractivity contribution >= 4 is 32.9 Å². The molecule has 31 heavy (non-hydrogen) atoms. The third-order valence-electron chi connectivity index (χ3n) is 4.47. The Kier molecular flexibility index (Phi) is 7.30. The van der Waals surface area contributed by atoms with Gasteiger partial charge in [-0.15, -0.1) is 5.10 Å². The highest BCUT2D eigenvalue weighted by Crippen LogP contribution is 2.23. The van der Waals surface area contributed by atoms with Gasteiger partial charge in [0.2, 0.25) is 0 Å². The first-order valence-electron chi connectivity index (χ1n) is 10.0. The molecule has 0 amide bonds. The molecule has 8 nitrogen and oxygen atoms in total. The van der Waals surface area contributed by atoms with Crippen LogP contribution in [0.3, 0.4) is 0 Å². The molecular weight excluding hydrogens is 414 g/mol. The van der Waals surface area contributed by atoms with Crippen LogP contribution in [0, 0.1) is 0 Å². The summed E-state index contributed by atoms with van der Waals surface area (Å²) in [5, 5.41) is 11.2. The molecule has 0 aliphatic heterocycles. The molecule has 0 spiro atoms. The summed E-state index contributed by atoms with van der Waals surface area (Å²) in [4.78, 5) is 2.11. The largest absolute Gasteiger partial charge is 0.494 e. The van der Waals surface area contributed by atoms with Crippen LogP contribution in [0.1, 0.15) is 19.8 Å². The maximum atomic E-state index is 12.7. The predicted octanol–water partition coefficient (Wildman–Crippen LogP) is 4.27. The lowest BCUT2D eigenvalue weighted by atomic mass is 10.3. The second-order valence-corrected chi connectivity index (χ2v) is 8.86. The molecule has 2 aromatic carbocycles. The van der Waals surface area contributed by atoms with E-state index < -0.39 is 10.0 Å². The Hall–Kier alpha value is -3.33. The Bertz CT molecular complexity index is 1080. The standard InChI is InChI=1S/C22H27N5O3S/c1-4-5-14-30-20-10-12-21(13-11-20)31(28,29)26-18-8-6-17(7-9-18)24-22-15-19(27(2)3)16-23-25-22/h6-13,15-16,26H,4-5,14H2,1-3H3,(H,24,25). The van der Waals surface area contributed by atoms with Gasteiger partial charge in [-0.2, -0.15) is 5.10 Å². The molecule has 9 heteroatoms. The van der Waals surface area contributed by atoms with Gasteiger partial charge in [0.15, 0.2) is 5.82 Å². The van der Waals surface area contributed by atoms with Crippen molar-refractivity contribution in [1.82, 2.24) is 10.2 Å². The minimum atomic E-state index is -3.70. The van der Waals surface area contributed by atoms with Crippen LogP contribution in [-0.4, -0.2) is 39.3 Å². The van der Waals surface area contributed by atoms with Crippen molar-refractivity contribution < 1.29 is 13.2 Å². The molecular formula is C22H27N5O3S. The van der Waals surface area contributed by atoms with Gasteiger partial charge in [0.05, 0.1) is 23.4 Å². The van der Waals surface area contributed by atoms with Crippen LogP contribution in [0.5, 0.6) is 5.75 Å². The lowest BCUT2D eigenvalue weighted by Gasteiger charge is -2.13. The lowest BCUT2D eigenvalue weighted by Crippen LogP contribution is -2.13. The van der Waals surface area contributed by atoms with Gasteiger partial charge >= 0.3 is 0 Å². The highest BCUT2D eigenvalue weighted by atomic mass is 32.2. The molecule has 0 radical (unpaired) electrons. The number of hydrogen-bond donors (Lipinski definition) is 2. The first kappa shape index (κ1) is 22.4. The number of benzene rings is 2. The van der Waals surface area contributed by atoms with Gasteiger partial charge in [-0.05, 0) is 55.0 Å². The number of aromatic nitrogens is 2. The van der Waals surface area contributed by atoms with E-state index in [0.29, 0.717) is 23.9 Å². The van der Waals surface area contributed by atoms with Gasteiger partial charge in [0, 0.05) is 31.5 Å². The minimum absolute atomic E-state index is 0.174. The van der Waals surface area contributed by atoms with Crippen LogP contribution in [0.4, 0.5) is 22.9 Å². The van der Waals surface area contributed by atoms with E-state index in [2.05, 4.69) is 27.2 Å². The molecule has 0 atom stereocenters. The van der Waals surface area contributed by atoms with E-state index in [-0.39, 0.29) is 4.90 Å². The molecule has 0 fully saturated rings. The summed E-state index contributed by atoms with van der Waals surface area (Å²) in [6, 6.07) is 15.2. The molecule has 0 aliphatic rings. The third-order valence-corrected chi connectivity index (χ3v) is 5.86. The second-order valence-electron chi connectivity index (χ2n) is 7.17. The monoisotopic (exact) mass is 441 g/mol. The average Bonchev–Trinajstić information content (AvgIpc) is 2.76. The van der Waals surface area contributed by atoms with Gasteiger partial charge in [0.1, 0.15) is 5.75 Å². The molecule has 2 N–H and O–H groups in total. The molecule has 3 aromatic rings. The second kappa shape index (κ2) is 10.1. The van der Waals surface area contributed by atoms with Gasteiger partial charge in [0.25, 0.3) is 10.0 Å². The number of nitrogens with one attached hydrogen (secondary N) is 2. The topological polar surface area (TPSA) is 96.5 Å². The van der Waals surface area contributed by atoms with Crippen LogP contribution in [0.15, 0.2) is 65.7 Å². The minimum Gasteiger partial charge on any atom is -0.494 e. The summed E-state index contributed by atoms with van der Waals surface area (Å²) in [6.45, 7) is 2.70. The number of unbranched alkanes of at least 4 members (excludes halogenated alkanes) is 1. The molecule has 0 unspecified atom stereocenters. The fraction of sp³-hybridized carbons (Fsp3) is 0.273. The summed E-state index contributed by atoms with van der Waals surface area (Å²) in [5.74, 6) is 1.25. The van der Waals surface area contributed by atoms with Crippen LogP contribution in [0.25, 0.3) is 0 Å². The molecule has 0 aliphatic carbocycles. The first-order chi connectivity index (χ1) is 14.9. The van der Waals surface area contributed by atoms with Crippen molar-refractivity contribution in [3.05, 3.63) is 60.8 Å². The summed E-state index contributed by atoms with van der Waals surface area (Å²) in [5.41, 5.74) is 2.15. The number of nitrogens with zero attached hydrogens (tertiary/aromatic N) is 3. The summed E-state index contributed by atoms with van der Waals surface area (Å²) >= 11 is 0. The van der Waals surface area contributed by atoms with Gasteiger partial charge in [-0.25, -0.2) is 8.42 Å². The van der Waals surface area contributed by atoms with E-state index in [1.807, 2.05) is 25.1 Å². The molecule has 1 aromatic heterocycles. The highest BCUT2D eigenvalue weighted by Gasteiger charge is 2.14. The number of hydrogen-bond acceptors (Lipinski definition) is 7. The van der Waals surface area contributed by atoms with E-state index in [4.69, 9.17) is 4.74 Å². The maximum absolute atomic E-state index is 12.7. The normalized spacial score (nSPS) is 11.1. The Morgan fingerprint density at radius 3 is 2.32 bits per heavy atom. The van der Waals surface area contributed by atoms with Crippen molar-refractivity contribution in [3.8, 4) is 5.75 Å². The lowest BCUT2D eigenvalue weighted by molar-refractivity contribution is 0.309. The summed E-state index contributed by atoms with van der Waals surface area (Å²) < 4.78 is 33.5. The zero-order valence-electron chi connectivity index (χ0n) is 17.9. The van der Waals surface area contributed by atoms with Crippen LogP contribution < -0.4 is 19.7 Å². The van der Waals surface area contributed by atoms with Crippen LogP contribution >= 0.6 is 0 Å². The zero-order chi connectivity index (χ0) is 22.3. The van der Waals surface area contributed by atoms with E-state index in [0.717, 1.165) is 24.2 Å². The molecule has 0 saturated carbocycles. The molecule has 1 heterocycles. The quantitative estimate of drug-likeness (QED) is 0.454. The molecule has 3 rings (SSSR count). The third kappa shape index (κ3) is 6.32. The Balaban J connectivity index is 1.64. The maximum Gasteiger partial charge on any atom is 0.261 e. The van der Waals surface area contributed by atoms with Crippen LogP contribution in [-0.2, 0) is 10.0 Å². The highest BCUT2D eigenvalue weighted by molar-refractivity contribution is 7.92. The Morgan fingerprint density at radius 2 is 1.68 bits per heavy atom. The van der Waals surface area contributed by atoms with E-state index in [1.165, 1.54) is 12.1 Å². The van der Waals surface area contributed by atoms with Gasteiger partial charge < -0.3 is 15.0 Å². The first-order valence-corrected chi connectivity index (χ1v) is 11.5. The van der Waals surface area contributed by atoms with Gasteiger partial charge in [-0.1, -0.05) is 13.3 Å². The van der Waals surface area contributed by atoms with Crippen molar-refractivity contribution in [2.45, 2.75) is 24.7 Å². The number of ether oxygens (including phenoxy) is 1. The van der Waals surface area contributed by atoms with E-state index in [9.17, 15) is 8.42 Å². The smallest absolute Gasteiger partial charge is 0.261 e. The average molecular weight is 442 g/mol. The molecule has 0 saturated heterocycles. The van der Waals surface area contributed by atoms with Crippen molar-refractivity contribution in [2.24, 2.45) is 0 Å². The predicted molar refractivity (Wildman–Crippen MR) is 124 cm³/mol. The van der Waals surface area contributed by atoms with E-state index >= 15 is 0 Å². The SMILES string of the molecule is CCCCOc1ccc(S(=O)(=O)Nc2ccc(Nc3cc(N(C)C)cnn3)cc2)cc1. The van der Waals surface area contributed by atoms with E-state index in [1.54, 1.807) is 42.6 Å². The fourth-order valence-corrected chi connectivity index (χ4v) is 3.75. The Labute approximate surface area is 183 Å². The summed E-state index contributed by atoms with van der Waals surface area (Å²) in [7, 11) is 0.155. The Morgan fingerprint density at radius 1 is 1.00 bits per heavy atom. The summed E-state index contributed by atoms with van der Waals surface area (Å²) in [6.07, 6.45) is 3.67. The number of rotatable bonds is 10. The molecule has 0 bridgehead atoms. The van der Waals surface area contributed by atoms with Gasteiger partial charge in [-0.3, -0.25) is 4.72 Å². The zero-order valence-corrected chi connectivity index (χ0v) is 18.7. The van der Waals surface area contributed by atoms with Crippen LogP contribution in [0.2, 0.25) is 0 Å². The van der Waals surface area contributed by atoms with Crippen molar-refractivity contribution in [3.63, 3.8) is 0 Å². The number of sulfonamides is 1.